The fourth-order valence-electron chi connectivity index (χ4n) is 2.13. The molecule has 0 aliphatic carbocycles. The van der Waals surface area contributed by atoms with E-state index >= 15 is 0 Å². The van der Waals surface area contributed by atoms with Crippen molar-refractivity contribution in [2.45, 2.75) is 18.9 Å². The lowest BCUT2D eigenvalue weighted by Crippen LogP contribution is -2.42. The number of carbonyl (C=O) groups excluding carboxylic acids is 2. The van der Waals surface area contributed by atoms with Gasteiger partial charge in [-0.05, 0) is 5.56 Å². The molecule has 24 heavy (non-hydrogen) atoms. The third-order valence-corrected chi connectivity index (χ3v) is 3.37. The van der Waals surface area contributed by atoms with Gasteiger partial charge in [0, 0.05) is 13.1 Å². The van der Waals surface area contributed by atoms with Gasteiger partial charge in [0.25, 0.3) is 0 Å². The van der Waals surface area contributed by atoms with E-state index in [0.29, 0.717) is 5.56 Å². The van der Waals surface area contributed by atoms with Crippen molar-refractivity contribution in [2.24, 2.45) is 0 Å². The monoisotopic (exact) mass is 328 g/mol. The van der Waals surface area contributed by atoms with Crippen molar-refractivity contribution in [1.29, 1.82) is 10.5 Å². The van der Waals surface area contributed by atoms with E-state index in [1.54, 1.807) is 24.3 Å². The molecule has 1 aromatic carbocycles. The summed E-state index contributed by atoms with van der Waals surface area (Å²) < 4.78 is 4.78. The zero-order chi connectivity index (χ0) is 17.8. The van der Waals surface area contributed by atoms with Gasteiger partial charge in [0.1, 0.15) is 6.04 Å². The molecule has 126 valence electrons. The number of nitriles is 2. The van der Waals surface area contributed by atoms with Gasteiger partial charge in [-0.1, -0.05) is 30.3 Å². The van der Waals surface area contributed by atoms with Crippen molar-refractivity contribution in [3.63, 3.8) is 0 Å². The highest BCUT2D eigenvalue weighted by Gasteiger charge is 2.23. The van der Waals surface area contributed by atoms with Crippen LogP contribution in [0.5, 0.6) is 0 Å². The van der Waals surface area contributed by atoms with Gasteiger partial charge in [-0.25, -0.2) is 4.79 Å². The Morgan fingerprint density at radius 2 is 1.75 bits per heavy atom. The third kappa shape index (κ3) is 6.07. The number of carbonyl (C=O) groups is 2. The maximum absolute atomic E-state index is 12.3. The Balaban J connectivity index is 2.73. The quantitative estimate of drug-likeness (QED) is 0.681. The Bertz CT molecular complexity index is 601. The molecule has 1 N–H and O–H groups in total. The second-order valence-electron chi connectivity index (χ2n) is 4.94. The van der Waals surface area contributed by atoms with Crippen LogP contribution in [0.2, 0.25) is 0 Å². The number of benzene rings is 1. The van der Waals surface area contributed by atoms with Gasteiger partial charge in [0.05, 0.1) is 38.6 Å². The van der Waals surface area contributed by atoms with E-state index in [1.165, 1.54) is 12.0 Å². The summed E-state index contributed by atoms with van der Waals surface area (Å²) in [4.78, 5) is 25.7. The Hall–Kier alpha value is -2.90. The minimum atomic E-state index is -0.756. The Kier molecular flexibility index (Phi) is 8.59. The Morgan fingerprint density at radius 1 is 1.17 bits per heavy atom. The number of nitrogens with one attached hydrogen (secondary N) is 1. The molecule has 0 bridgehead atoms. The number of methoxy groups -OCH3 is 1. The SMILES string of the molecule is COC(=O)C(NCC(=O)N(CCC#N)CCC#N)c1ccccc1. The van der Waals surface area contributed by atoms with E-state index in [0.717, 1.165) is 0 Å². The van der Waals surface area contributed by atoms with Crippen LogP contribution in [0.25, 0.3) is 0 Å². The van der Waals surface area contributed by atoms with Crippen molar-refractivity contribution >= 4 is 11.9 Å². The lowest BCUT2D eigenvalue weighted by Gasteiger charge is -2.22. The highest BCUT2D eigenvalue weighted by Crippen LogP contribution is 2.14. The van der Waals surface area contributed by atoms with Gasteiger partial charge in [0.15, 0.2) is 0 Å². The molecule has 0 fully saturated rings. The molecule has 0 aliphatic heterocycles. The van der Waals surface area contributed by atoms with E-state index in [1.807, 2.05) is 18.2 Å². The van der Waals surface area contributed by atoms with E-state index in [-0.39, 0.29) is 38.4 Å². The molecule has 1 atom stereocenters. The molecule has 0 heterocycles. The largest absolute Gasteiger partial charge is 0.468 e. The van der Waals surface area contributed by atoms with Crippen molar-refractivity contribution in [3.05, 3.63) is 35.9 Å². The molecule has 7 heteroatoms. The fraction of sp³-hybridized carbons (Fsp3) is 0.412. The van der Waals surface area contributed by atoms with Crippen molar-refractivity contribution in [1.82, 2.24) is 10.2 Å². The first-order valence-electron chi connectivity index (χ1n) is 7.51. The van der Waals surface area contributed by atoms with E-state index < -0.39 is 12.0 Å². The standard InChI is InChI=1S/C17H20N4O3/c1-24-17(23)16(14-7-3-2-4-8-14)20-13-15(22)21(11-5-9-18)12-6-10-19/h2-4,7-8,16,20H,5-6,11-13H2,1H3. The van der Waals surface area contributed by atoms with Crippen LogP contribution in [0.1, 0.15) is 24.4 Å². The number of hydrogen-bond donors (Lipinski definition) is 1. The van der Waals surface area contributed by atoms with Gasteiger partial charge in [-0.15, -0.1) is 0 Å². The highest BCUT2D eigenvalue weighted by molar-refractivity contribution is 5.81. The van der Waals surface area contributed by atoms with E-state index in [4.69, 9.17) is 15.3 Å². The predicted octanol–water partition coefficient (Wildman–Crippen LogP) is 1.15. The molecule has 0 saturated heterocycles. The van der Waals surface area contributed by atoms with Crippen molar-refractivity contribution in [3.8, 4) is 12.1 Å². The molecule has 7 nitrogen and oxygen atoms in total. The Labute approximate surface area is 141 Å². The van der Waals surface area contributed by atoms with Gasteiger partial charge in [-0.3, -0.25) is 10.1 Å². The first-order chi connectivity index (χ1) is 11.6. The number of esters is 1. The van der Waals surface area contributed by atoms with Crippen LogP contribution in [0.4, 0.5) is 0 Å². The zero-order valence-electron chi connectivity index (χ0n) is 13.6. The molecule has 1 aromatic rings. The van der Waals surface area contributed by atoms with Crippen LogP contribution >= 0.6 is 0 Å². The van der Waals surface area contributed by atoms with Gasteiger partial charge < -0.3 is 9.64 Å². The minimum absolute atomic E-state index is 0.0917. The smallest absolute Gasteiger partial charge is 0.327 e. The summed E-state index contributed by atoms with van der Waals surface area (Å²) in [6.07, 6.45) is 0.382. The number of ether oxygens (including phenoxy) is 1. The van der Waals surface area contributed by atoms with Crippen LogP contribution in [0, 0.1) is 22.7 Å². The molecule has 0 aliphatic rings. The molecule has 0 spiro atoms. The first-order valence-corrected chi connectivity index (χ1v) is 7.51. The molecule has 1 rings (SSSR count). The Morgan fingerprint density at radius 3 is 2.25 bits per heavy atom. The molecular weight excluding hydrogens is 308 g/mol. The molecular formula is C17H20N4O3. The molecule has 0 radical (unpaired) electrons. The number of rotatable bonds is 9. The van der Waals surface area contributed by atoms with E-state index in [9.17, 15) is 9.59 Å². The lowest BCUT2D eigenvalue weighted by atomic mass is 10.1. The molecule has 1 unspecified atom stereocenters. The minimum Gasteiger partial charge on any atom is -0.468 e. The lowest BCUT2D eigenvalue weighted by molar-refractivity contribution is -0.143. The summed E-state index contributed by atoms with van der Waals surface area (Å²) in [6.45, 7) is 0.422. The fourth-order valence-corrected chi connectivity index (χ4v) is 2.13. The first kappa shape index (κ1) is 19.1. The van der Waals surface area contributed by atoms with Crippen LogP contribution in [0.15, 0.2) is 30.3 Å². The average Bonchev–Trinajstić information content (AvgIpc) is 2.62. The second-order valence-corrected chi connectivity index (χ2v) is 4.94. The van der Waals surface area contributed by atoms with Crippen molar-refractivity contribution in [2.75, 3.05) is 26.7 Å². The third-order valence-electron chi connectivity index (χ3n) is 3.37. The molecule has 1 amide bonds. The van der Waals surface area contributed by atoms with E-state index in [2.05, 4.69) is 5.32 Å². The van der Waals surface area contributed by atoms with Crippen molar-refractivity contribution < 1.29 is 14.3 Å². The summed E-state index contributed by atoms with van der Waals surface area (Å²) in [5, 5.41) is 20.2. The summed E-state index contributed by atoms with van der Waals surface area (Å²) in [5.74, 6) is -0.764. The predicted molar refractivity (Wildman–Crippen MR) is 86.2 cm³/mol. The van der Waals surface area contributed by atoms with Crippen LogP contribution in [-0.2, 0) is 14.3 Å². The molecule has 0 saturated carbocycles. The topological polar surface area (TPSA) is 106 Å². The summed E-state index contributed by atoms with van der Waals surface area (Å²) in [7, 11) is 1.29. The summed E-state index contributed by atoms with van der Waals surface area (Å²) in [6, 6.07) is 12.1. The number of amides is 1. The number of nitrogens with zero attached hydrogens (tertiary/aromatic N) is 3. The summed E-state index contributed by atoms with van der Waals surface area (Å²) >= 11 is 0. The van der Waals surface area contributed by atoms with Gasteiger partial charge in [-0.2, -0.15) is 10.5 Å². The second kappa shape index (κ2) is 10.8. The van der Waals surface area contributed by atoms with Crippen LogP contribution in [0.3, 0.4) is 0 Å². The molecule has 0 aromatic heterocycles. The van der Waals surface area contributed by atoms with Gasteiger partial charge in [0.2, 0.25) is 5.91 Å². The summed E-state index contributed by atoms with van der Waals surface area (Å²) in [5.41, 5.74) is 0.692. The normalized spacial score (nSPS) is 11.0. The maximum Gasteiger partial charge on any atom is 0.327 e. The zero-order valence-corrected chi connectivity index (χ0v) is 13.6. The number of hydrogen-bond acceptors (Lipinski definition) is 6. The van der Waals surface area contributed by atoms with Crippen LogP contribution in [-0.4, -0.2) is 43.5 Å². The average molecular weight is 328 g/mol. The van der Waals surface area contributed by atoms with Crippen LogP contribution < -0.4 is 5.32 Å². The highest BCUT2D eigenvalue weighted by atomic mass is 16.5. The van der Waals surface area contributed by atoms with Gasteiger partial charge >= 0.3 is 5.97 Å². The maximum atomic E-state index is 12.3.